The number of ether oxygens (including phenoxy) is 1. The van der Waals surface area contributed by atoms with Gasteiger partial charge in [0, 0.05) is 12.2 Å². The molecular weight excluding hydrogens is 264 g/mol. The number of carbonyl (C=O) groups excluding carboxylic acids is 1. The molecule has 16 heavy (non-hydrogen) atoms. The third kappa shape index (κ3) is 5.62. The highest BCUT2D eigenvalue weighted by molar-refractivity contribution is 8.01. The first-order valence-corrected chi connectivity index (χ1v) is 7.27. The van der Waals surface area contributed by atoms with Crippen LogP contribution in [0.2, 0.25) is 0 Å². The minimum absolute atomic E-state index is 0.108. The first-order valence-electron chi connectivity index (χ1n) is 5.06. The Morgan fingerprint density at radius 2 is 2.44 bits per heavy atom. The second-order valence-corrected chi connectivity index (χ2v) is 6.00. The van der Waals surface area contributed by atoms with Crippen LogP contribution in [0.1, 0.15) is 26.2 Å². The van der Waals surface area contributed by atoms with Gasteiger partial charge in [-0.05, 0) is 32.0 Å². The largest absolute Gasteiger partial charge is 0.466 e. The molecule has 0 aliphatic carbocycles. The van der Waals surface area contributed by atoms with Crippen LogP contribution in [0.15, 0.2) is 4.34 Å². The van der Waals surface area contributed by atoms with E-state index in [9.17, 15) is 4.79 Å². The standard InChI is InChI=1S/C9H14N2O2S3/c1-2-13-7(12)5-3-4-6-15-9-11-10-8(14)16-9/h2-6H2,1H3,(H,10,14). The molecular formula is C9H14N2O2S3. The number of hydrogen-bond donors (Lipinski definition) is 1. The van der Waals surface area contributed by atoms with Crippen LogP contribution in [0.5, 0.6) is 0 Å². The molecule has 90 valence electrons. The van der Waals surface area contributed by atoms with Crippen molar-refractivity contribution >= 4 is 41.3 Å². The number of thioether (sulfide) groups is 1. The fraction of sp³-hybridized carbons (Fsp3) is 0.667. The maximum Gasteiger partial charge on any atom is 0.305 e. The van der Waals surface area contributed by atoms with Crippen molar-refractivity contribution in [3.8, 4) is 0 Å². The molecule has 4 nitrogen and oxygen atoms in total. The molecule has 1 heterocycles. The minimum Gasteiger partial charge on any atom is -0.466 e. The van der Waals surface area contributed by atoms with Crippen molar-refractivity contribution in [2.45, 2.75) is 30.5 Å². The number of carbonyl (C=O) groups is 1. The van der Waals surface area contributed by atoms with Crippen molar-refractivity contribution in [2.75, 3.05) is 12.4 Å². The summed E-state index contributed by atoms with van der Waals surface area (Å²) in [5.41, 5.74) is 0. The summed E-state index contributed by atoms with van der Waals surface area (Å²) in [7, 11) is 0. The molecule has 0 fully saturated rings. The summed E-state index contributed by atoms with van der Waals surface area (Å²) in [5, 5.41) is 6.77. The van der Waals surface area contributed by atoms with Crippen molar-refractivity contribution in [2.24, 2.45) is 0 Å². The van der Waals surface area contributed by atoms with Crippen LogP contribution in [-0.2, 0) is 9.53 Å². The average molecular weight is 278 g/mol. The Morgan fingerprint density at radius 1 is 1.62 bits per heavy atom. The maximum absolute atomic E-state index is 11.0. The zero-order valence-corrected chi connectivity index (χ0v) is 11.5. The Bertz CT molecular complexity index is 375. The first kappa shape index (κ1) is 13.7. The van der Waals surface area contributed by atoms with E-state index in [1.165, 1.54) is 11.3 Å². The van der Waals surface area contributed by atoms with Gasteiger partial charge in [0.1, 0.15) is 0 Å². The van der Waals surface area contributed by atoms with Gasteiger partial charge >= 0.3 is 5.97 Å². The molecule has 0 radical (unpaired) electrons. The predicted octanol–water partition coefficient (Wildman–Crippen LogP) is 3.03. The SMILES string of the molecule is CCOC(=O)CCCCSc1n[nH]c(=S)s1. The molecule has 0 saturated heterocycles. The zero-order valence-electron chi connectivity index (χ0n) is 9.02. The third-order valence-corrected chi connectivity index (χ3v) is 4.04. The highest BCUT2D eigenvalue weighted by Gasteiger charge is 2.02. The van der Waals surface area contributed by atoms with Crippen molar-refractivity contribution in [3.63, 3.8) is 0 Å². The van der Waals surface area contributed by atoms with E-state index >= 15 is 0 Å². The van der Waals surface area contributed by atoms with Crippen molar-refractivity contribution in [3.05, 3.63) is 3.95 Å². The molecule has 0 spiro atoms. The number of H-pyrrole nitrogens is 1. The lowest BCUT2D eigenvalue weighted by Crippen LogP contribution is -2.03. The van der Waals surface area contributed by atoms with Crippen LogP contribution >= 0.6 is 35.3 Å². The number of nitrogens with zero attached hydrogens (tertiary/aromatic N) is 1. The third-order valence-electron chi connectivity index (χ3n) is 1.72. The molecule has 0 aromatic carbocycles. The van der Waals surface area contributed by atoms with Gasteiger partial charge in [0.15, 0.2) is 8.29 Å². The Kier molecular flexibility index (Phi) is 6.67. The fourth-order valence-corrected chi connectivity index (χ4v) is 3.19. The lowest BCUT2D eigenvalue weighted by molar-refractivity contribution is -0.143. The molecule has 1 aromatic rings. The van der Waals surface area contributed by atoms with Crippen molar-refractivity contribution in [1.29, 1.82) is 0 Å². The van der Waals surface area contributed by atoms with Gasteiger partial charge < -0.3 is 4.74 Å². The number of nitrogens with one attached hydrogen (secondary N) is 1. The van der Waals surface area contributed by atoms with Crippen LogP contribution < -0.4 is 0 Å². The lowest BCUT2D eigenvalue weighted by Gasteiger charge is -2.00. The zero-order chi connectivity index (χ0) is 11.8. The Labute approximate surface area is 108 Å². The molecule has 0 aliphatic heterocycles. The van der Waals surface area contributed by atoms with Crippen molar-refractivity contribution in [1.82, 2.24) is 10.2 Å². The van der Waals surface area contributed by atoms with E-state index in [1.807, 2.05) is 6.92 Å². The average Bonchev–Trinajstić information content (AvgIpc) is 2.64. The van der Waals surface area contributed by atoms with Crippen LogP contribution in [0.3, 0.4) is 0 Å². The minimum atomic E-state index is -0.108. The van der Waals surface area contributed by atoms with E-state index in [4.69, 9.17) is 17.0 Å². The molecule has 1 N–H and O–H groups in total. The molecule has 0 bridgehead atoms. The Morgan fingerprint density at radius 3 is 3.06 bits per heavy atom. The number of aromatic amines is 1. The predicted molar refractivity (Wildman–Crippen MR) is 68.5 cm³/mol. The van der Waals surface area contributed by atoms with Crippen LogP contribution in [0.25, 0.3) is 0 Å². The number of rotatable bonds is 7. The number of unbranched alkanes of at least 4 members (excludes halogenated alkanes) is 1. The van der Waals surface area contributed by atoms with Crippen LogP contribution in [0.4, 0.5) is 0 Å². The monoisotopic (exact) mass is 278 g/mol. The molecule has 0 atom stereocenters. The summed E-state index contributed by atoms with van der Waals surface area (Å²) in [4.78, 5) is 11.0. The van der Waals surface area contributed by atoms with E-state index < -0.39 is 0 Å². The fourth-order valence-electron chi connectivity index (χ4n) is 1.04. The maximum atomic E-state index is 11.0. The van der Waals surface area contributed by atoms with Crippen LogP contribution in [0, 0.1) is 3.95 Å². The normalized spacial score (nSPS) is 10.3. The van der Waals surface area contributed by atoms with Gasteiger partial charge in [0.05, 0.1) is 6.61 Å². The summed E-state index contributed by atoms with van der Waals surface area (Å²) in [6.07, 6.45) is 2.35. The van der Waals surface area contributed by atoms with E-state index in [-0.39, 0.29) is 5.97 Å². The summed E-state index contributed by atoms with van der Waals surface area (Å²) in [6.45, 7) is 2.28. The van der Waals surface area contributed by atoms with E-state index in [2.05, 4.69) is 10.2 Å². The molecule has 0 unspecified atom stereocenters. The summed E-state index contributed by atoms with van der Waals surface area (Å²) < 4.78 is 6.50. The lowest BCUT2D eigenvalue weighted by atomic mass is 10.2. The first-order chi connectivity index (χ1) is 7.72. The Balaban J connectivity index is 2.04. The van der Waals surface area contributed by atoms with E-state index in [1.54, 1.807) is 11.8 Å². The van der Waals surface area contributed by atoms with Gasteiger partial charge in [-0.2, -0.15) is 5.10 Å². The highest BCUT2D eigenvalue weighted by atomic mass is 32.2. The van der Waals surface area contributed by atoms with E-state index in [0.717, 1.165) is 22.9 Å². The van der Waals surface area contributed by atoms with Gasteiger partial charge in [-0.25, -0.2) is 0 Å². The summed E-state index contributed by atoms with van der Waals surface area (Å²) in [6, 6.07) is 0. The quantitative estimate of drug-likeness (QED) is 0.359. The number of aromatic nitrogens is 2. The van der Waals surface area contributed by atoms with Gasteiger partial charge in [-0.15, -0.1) is 0 Å². The topological polar surface area (TPSA) is 55.0 Å². The van der Waals surface area contributed by atoms with E-state index in [0.29, 0.717) is 17.0 Å². The van der Waals surface area contributed by atoms with Crippen LogP contribution in [-0.4, -0.2) is 28.5 Å². The molecule has 0 saturated carbocycles. The van der Waals surface area contributed by atoms with Gasteiger partial charge in [-0.3, -0.25) is 9.89 Å². The number of hydrogen-bond acceptors (Lipinski definition) is 6. The molecule has 0 amide bonds. The molecule has 7 heteroatoms. The highest BCUT2D eigenvalue weighted by Crippen LogP contribution is 2.21. The van der Waals surface area contributed by atoms with Gasteiger partial charge in [0.25, 0.3) is 0 Å². The molecule has 1 aromatic heterocycles. The summed E-state index contributed by atoms with van der Waals surface area (Å²) >= 11 is 8.07. The second kappa shape index (κ2) is 7.81. The molecule has 0 aliphatic rings. The van der Waals surface area contributed by atoms with Gasteiger partial charge in [0.2, 0.25) is 0 Å². The second-order valence-electron chi connectivity index (χ2n) is 2.99. The van der Waals surface area contributed by atoms with Gasteiger partial charge in [-0.1, -0.05) is 23.1 Å². The number of esters is 1. The Hall–Kier alpha value is -0.400. The smallest absolute Gasteiger partial charge is 0.305 e. The molecule has 1 rings (SSSR count). The summed E-state index contributed by atoms with van der Waals surface area (Å²) in [5.74, 6) is 0.845. The van der Waals surface area contributed by atoms with Crippen molar-refractivity contribution < 1.29 is 9.53 Å².